The Kier molecular flexibility index (Phi) is 7.04. The van der Waals surface area contributed by atoms with Gasteiger partial charge in [-0.2, -0.15) is 0 Å². The van der Waals surface area contributed by atoms with Gasteiger partial charge < -0.3 is 14.6 Å². The largest absolute Gasteiger partial charge is 0.497 e. The third-order valence-electron chi connectivity index (χ3n) is 2.98. The maximum atomic E-state index is 9.71. The van der Waals surface area contributed by atoms with E-state index in [2.05, 4.69) is 6.58 Å². The van der Waals surface area contributed by atoms with Gasteiger partial charge in [0.2, 0.25) is 0 Å². The topological polar surface area (TPSA) is 38.7 Å². The molecule has 1 aromatic rings. The number of ether oxygens (including phenoxy) is 2. The van der Waals surface area contributed by atoms with Crippen LogP contribution in [0.5, 0.6) is 11.5 Å². The van der Waals surface area contributed by atoms with E-state index in [0.29, 0.717) is 12.4 Å². The maximum absolute atomic E-state index is 9.71. The number of benzene rings is 1. The summed E-state index contributed by atoms with van der Waals surface area (Å²) < 4.78 is 10.9. The van der Waals surface area contributed by atoms with Crippen molar-refractivity contribution in [2.24, 2.45) is 0 Å². The van der Waals surface area contributed by atoms with E-state index in [1.807, 2.05) is 24.3 Å². The molecule has 0 saturated heterocycles. The number of unbranched alkanes of at least 4 members (excludes halogenated alkanes) is 3. The second kappa shape index (κ2) is 8.59. The molecule has 1 aromatic carbocycles. The van der Waals surface area contributed by atoms with E-state index in [4.69, 9.17) is 9.47 Å². The average molecular weight is 264 g/mol. The van der Waals surface area contributed by atoms with Crippen LogP contribution < -0.4 is 9.47 Å². The average Bonchev–Trinajstić information content (AvgIpc) is 2.42. The summed E-state index contributed by atoms with van der Waals surface area (Å²) in [5, 5.41) is 9.71. The highest BCUT2D eigenvalue weighted by atomic mass is 16.5. The fraction of sp³-hybridized carbons (Fsp3) is 0.500. The molecule has 1 N–H and O–H groups in total. The Balaban J connectivity index is 2.52. The number of aliphatic hydroxyl groups excluding tert-OH is 1. The van der Waals surface area contributed by atoms with Crippen molar-refractivity contribution in [2.45, 2.75) is 38.7 Å². The van der Waals surface area contributed by atoms with Crippen molar-refractivity contribution in [1.82, 2.24) is 0 Å². The summed E-state index contributed by atoms with van der Waals surface area (Å²) in [5.41, 5.74) is 0.798. The Hall–Kier alpha value is -1.48. The molecule has 0 aromatic heterocycles. The molecule has 0 aliphatic carbocycles. The molecule has 0 spiro atoms. The van der Waals surface area contributed by atoms with Gasteiger partial charge in [-0.25, -0.2) is 0 Å². The summed E-state index contributed by atoms with van der Waals surface area (Å²) in [6.07, 6.45) is 5.73. The molecular weight excluding hydrogens is 240 g/mol. The van der Waals surface area contributed by atoms with Gasteiger partial charge in [0, 0.05) is 11.6 Å². The third kappa shape index (κ3) is 5.35. The van der Waals surface area contributed by atoms with E-state index < -0.39 is 6.10 Å². The number of allylic oxidation sites excluding steroid dienone is 1. The Morgan fingerprint density at radius 2 is 2.11 bits per heavy atom. The summed E-state index contributed by atoms with van der Waals surface area (Å²) in [6.45, 7) is 6.09. The molecule has 3 heteroatoms. The van der Waals surface area contributed by atoms with Crippen molar-refractivity contribution < 1.29 is 14.6 Å². The first-order chi connectivity index (χ1) is 9.19. The van der Waals surface area contributed by atoms with Crippen molar-refractivity contribution in [3.8, 4) is 11.5 Å². The van der Waals surface area contributed by atoms with Crippen LogP contribution >= 0.6 is 0 Å². The fourth-order valence-electron chi connectivity index (χ4n) is 1.86. The summed E-state index contributed by atoms with van der Waals surface area (Å²) >= 11 is 0. The van der Waals surface area contributed by atoms with Crippen molar-refractivity contribution in [3.05, 3.63) is 36.4 Å². The predicted molar refractivity (Wildman–Crippen MR) is 77.8 cm³/mol. The first kappa shape index (κ1) is 15.6. The lowest BCUT2D eigenvalue weighted by atomic mass is 10.1. The highest BCUT2D eigenvalue weighted by Gasteiger charge is 2.10. The van der Waals surface area contributed by atoms with Crippen LogP contribution in [0.2, 0.25) is 0 Å². The second-order valence-corrected chi connectivity index (χ2v) is 4.57. The van der Waals surface area contributed by atoms with Gasteiger partial charge in [-0.1, -0.05) is 6.08 Å². The first-order valence-electron chi connectivity index (χ1n) is 6.78. The molecule has 0 unspecified atom stereocenters. The summed E-state index contributed by atoms with van der Waals surface area (Å²) in [6, 6.07) is 5.50. The van der Waals surface area contributed by atoms with E-state index >= 15 is 0 Å². The van der Waals surface area contributed by atoms with Gasteiger partial charge in [0.05, 0.1) is 19.8 Å². The summed E-state index contributed by atoms with van der Waals surface area (Å²) in [7, 11) is 1.62. The molecule has 0 radical (unpaired) electrons. The van der Waals surface area contributed by atoms with Crippen LogP contribution in [0.25, 0.3) is 0 Å². The van der Waals surface area contributed by atoms with Crippen LogP contribution in [-0.4, -0.2) is 18.8 Å². The van der Waals surface area contributed by atoms with E-state index in [0.717, 1.165) is 37.0 Å². The molecule has 0 heterocycles. The van der Waals surface area contributed by atoms with E-state index in [9.17, 15) is 5.11 Å². The molecule has 0 amide bonds. The lowest BCUT2D eigenvalue weighted by molar-refractivity contribution is 0.190. The van der Waals surface area contributed by atoms with Gasteiger partial charge in [0.1, 0.15) is 11.5 Å². The second-order valence-electron chi connectivity index (χ2n) is 4.57. The number of rotatable bonds is 9. The lowest BCUT2D eigenvalue weighted by Crippen LogP contribution is -2.03. The monoisotopic (exact) mass is 264 g/mol. The zero-order chi connectivity index (χ0) is 14.1. The van der Waals surface area contributed by atoms with E-state index in [1.165, 1.54) is 0 Å². The molecule has 3 nitrogen and oxygen atoms in total. The van der Waals surface area contributed by atoms with Crippen molar-refractivity contribution in [3.63, 3.8) is 0 Å². The standard InChI is InChI=1S/C16H24O3/c1-4-5-6-7-8-11-19-16-12-14(18-3)9-10-15(16)13(2)17/h4,9-10,12-13,17H,1,5-8,11H2,2-3H3/t13-/m0/s1. The van der Waals surface area contributed by atoms with Crippen LogP contribution in [0.4, 0.5) is 0 Å². The molecule has 0 aliphatic rings. The first-order valence-corrected chi connectivity index (χ1v) is 6.78. The molecule has 0 saturated carbocycles. The molecule has 1 atom stereocenters. The molecule has 0 aliphatic heterocycles. The van der Waals surface area contributed by atoms with Gasteiger partial charge in [-0.3, -0.25) is 0 Å². The Morgan fingerprint density at radius 3 is 2.74 bits per heavy atom. The SMILES string of the molecule is C=CCCCCCOc1cc(OC)ccc1[C@H](C)O. The lowest BCUT2D eigenvalue weighted by Gasteiger charge is -2.14. The van der Waals surface area contributed by atoms with Gasteiger partial charge in [-0.15, -0.1) is 6.58 Å². The van der Waals surface area contributed by atoms with Crippen molar-refractivity contribution in [1.29, 1.82) is 0 Å². The fourth-order valence-corrected chi connectivity index (χ4v) is 1.86. The zero-order valence-electron chi connectivity index (χ0n) is 11.9. The Labute approximate surface area is 115 Å². The maximum Gasteiger partial charge on any atom is 0.128 e. The number of hydrogen-bond donors (Lipinski definition) is 1. The number of methoxy groups -OCH3 is 1. The van der Waals surface area contributed by atoms with Crippen LogP contribution in [-0.2, 0) is 0 Å². The normalized spacial score (nSPS) is 11.9. The number of aliphatic hydroxyl groups is 1. The minimum absolute atomic E-state index is 0.540. The van der Waals surface area contributed by atoms with E-state index in [1.54, 1.807) is 14.0 Å². The Morgan fingerprint density at radius 1 is 1.32 bits per heavy atom. The quantitative estimate of drug-likeness (QED) is 0.543. The van der Waals surface area contributed by atoms with Gasteiger partial charge in [0.25, 0.3) is 0 Å². The highest BCUT2D eigenvalue weighted by Crippen LogP contribution is 2.29. The molecule has 19 heavy (non-hydrogen) atoms. The van der Waals surface area contributed by atoms with Crippen LogP contribution in [0.15, 0.2) is 30.9 Å². The molecule has 106 valence electrons. The Bertz CT molecular complexity index is 386. The minimum Gasteiger partial charge on any atom is -0.497 e. The van der Waals surface area contributed by atoms with Crippen molar-refractivity contribution >= 4 is 0 Å². The molecule has 0 bridgehead atoms. The molecule has 0 fully saturated rings. The predicted octanol–water partition coefficient (Wildman–Crippen LogP) is 3.87. The third-order valence-corrected chi connectivity index (χ3v) is 2.98. The molecular formula is C16H24O3. The minimum atomic E-state index is -0.540. The van der Waals surface area contributed by atoms with Gasteiger partial charge in [-0.05, 0) is 44.7 Å². The van der Waals surface area contributed by atoms with Crippen LogP contribution in [0.1, 0.15) is 44.3 Å². The van der Waals surface area contributed by atoms with Gasteiger partial charge in [0.15, 0.2) is 0 Å². The zero-order valence-corrected chi connectivity index (χ0v) is 11.9. The summed E-state index contributed by atoms with van der Waals surface area (Å²) in [5.74, 6) is 1.45. The van der Waals surface area contributed by atoms with Gasteiger partial charge >= 0.3 is 0 Å². The van der Waals surface area contributed by atoms with Crippen molar-refractivity contribution in [2.75, 3.05) is 13.7 Å². The smallest absolute Gasteiger partial charge is 0.128 e. The summed E-state index contributed by atoms with van der Waals surface area (Å²) in [4.78, 5) is 0. The molecule has 1 rings (SSSR count). The number of hydrogen-bond acceptors (Lipinski definition) is 3. The van der Waals surface area contributed by atoms with Crippen LogP contribution in [0, 0.1) is 0 Å². The highest BCUT2D eigenvalue weighted by molar-refractivity contribution is 5.41. The van der Waals surface area contributed by atoms with Crippen LogP contribution in [0.3, 0.4) is 0 Å². The van der Waals surface area contributed by atoms with E-state index in [-0.39, 0.29) is 0 Å².